The summed E-state index contributed by atoms with van der Waals surface area (Å²) in [5.41, 5.74) is 0.612. The largest absolute Gasteiger partial charge is 0.493 e. The van der Waals surface area contributed by atoms with Gasteiger partial charge in [-0.05, 0) is 49.7 Å². The summed E-state index contributed by atoms with van der Waals surface area (Å²) < 4.78 is 38.9. The molecule has 0 aliphatic heterocycles. The van der Waals surface area contributed by atoms with E-state index in [4.69, 9.17) is 9.47 Å². The van der Waals surface area contributed by atoms with Crippen molar-refractivity contribution >= 4 is 16.2 Å². The van der Waals surface area contributed by atoms with E-state index in [1.165, 1.54) is 18.3 Å². The molecular formula is C17H19NO4S. The van der Waals surface area contributed by atoms with Gasteiger partial charge in [0.1, 0.15) is 0 Å². The molecule has 0 N–H and O–H groups in total. The average molecular weight is 333 g/mol. The summed E-state index contributed by atoms with van der Waals surface area (Å²) in [4.78, 5) is 0.156. The molecule has 2 rings (SSSR count). The number of hydrogen-bond donors (Lipinski definition) is 0. The molecule has 23 heavy (non-hydrogen) atoms. The molecular weight excluding hydrogens is 314 g/mol. The summed E-state index contributed by atoms with van der Waals surface area (Å²) in [6, 6.07) is 13.2. The van der Waals surface area contributed by atoms with E-state index in [9.17, 15) is 8.42 Å². The van der Waals surface area contributed by atoms with Crippen molar-refractivity contribution in [3.05, 3.63) is 54.1 Å². The van der Waals surface area contributed by atoms with Crippen molar-refractivity contribution in [1.29, 1.82) is 0 Å². The summed E-state index contributed by atoms with van der Waals surface area (Å²) in [7, 11) is -2.16. The van der Waals surface area contributed by atoms with Gasteiger partial charge in [-0.2, -0.15) is 12.8 Å². The van der Waals surface area contributed by atoms with E-state index in [0.717, 1.165) is 0 Å². The molecule has 0 aromatic heterocycles. The van der Waals surface area contributed by atoms with Gasteiger partial charge in [0.2, 0.25) is 0 Å². The molecule has 0 heterocycles. The van der Waals surface area contributed by atoms with Gasteiger partial charge in [-0.3, -0.25) is 0 Å². The van der Waals surface area contributed by atoms with Gasteiger partial charge in [-0.15, -0.1) is 0 Å². The molecule has 0 saturated heterocycles. The molecule has 122 valence electrons. The van der Waals surface area contributed by atoms with Crippen LogP contribution in [0.3, 0.4) is 0 Å². The van der Waals surface area contributed by atoms with Crippen LogP contribution in [0.15, 0.2) is 57.8 Å². The first-order valence-corrected chi connectivity index (χ1v) is 8.56. The minimum absolute atomic E-state index is 0.0239. The van der Waals surface area contributed by atoms with Gasteiger partial charge >= 0.3 is 0 Å². The maximum atomic E-state index is 12.1. The summed E-state index contributed by atoms with van der Waals surface area (Å²) in [6.45, 7) is 3.81. The molecule has 0 amide bonds. The van der Waals surface area contributed by atoms with Crippen LogP contribution in [-0.4, -0.2) is 27.8 Å². The van der Waals surface area contributed by atoms with E-state index in [0.29, 0.717) is 17.1 Å². The molecule has 0 aliphatic carbocycles. The third-order valence-electron chi connectivity index (χ3n) is 2.93. The van der Waals surface area contributed by atoms with Gasteiger partial charge in [0, 0.05) is 6.21 Å². The molecule has 2 aromatic rings. The Morgan fingerprint density at radius 3 is 2.35 bits per heavy atom. The molecule has 6 heteroatoms. The fourth-order valence-corrected chi connectivity index (χ4v) is 2.79. The predicted molar refractivity (Wildman–Crippen MR) is 90.0 cm³/mol. The van der Waals surface area contributed by atoms with E-state index < -0.39 is 10.0 Å². The van der Waals surface area contributed by atoms with E-state index >= 15 is 0 Å². The highest BCUT2D eigenvalue weighted by atomic mass is 32.2. The lowest BCUT2D eigenvalue weighted by molar-refractivity contribution is 0.230. The molecule has 0 saturated carbocycles. The van der Waals surface area contributed by atoms with Crippen LogP contribution < -0.4 is 9.47 Å². The van der Waals surface area contributed by atoms with Crippen LogP contribution in [-0.2, 0) is 10.0 Å². The molecule has 0 fully saturated rings. The second-order valence-corrected chi connectivity index (χ2v) is 6.73. The maximum Gasteiger partial charge on any atom is 0.282 e. The van der Waals surface area contributed by atoms with Gasteiger partial charge < -0.3 is 9.47 Å². The zero-order valence-electron chi connectivity index (χ0n) is 13.3. The smallest absolute Gasteiger partial charge is 0.282 e. The number of hydrogen-bond acceptors (Lipinski definition) is 4. The molecule has 0 bridgehead atoms. The first-order chi connectivity index (χ1) is 10.9. The summed E-state index contributed by atoms with van der Waals surface area (Å²) in [5.74, 6) is 1.13. The van der Waals surface area contributed by atoms with Gasteiger partial charge in [-0.1, -0.05) is 18.2 Å². The Morgan fingerprint density at radius 2 is 1.74 bits per heavy atom. The number of methoxy groups -OCH3 is 1. The lowest BCUT2D eigenvalue weighted by Gasteiger charge is -2.13. The van der Waals surface area contributed by atoms with Gasteiger partial charge in [0.15, 0.2) is 11.5 Å². The third-order valence-corrected chi connectivity index (χ3v) is 4.18. The normalized spacial score (nSPS) is 11.8. The molecule has 0 aliphatic rings. The molecule has 0 atom stereocenters. The van der Waals surface area contributed by atoms with Crippen LogP contribution in [0.2, 0.25) is 0 Å². The first kappa shape index (κ1) is 17.0. The average Bonchev–Trinajstić information content (AvgIpc) is 2.53. The monoisotopic (exact) mass is 333 g/mol. The zero-order valence-corrected chi connectivity index (χ0v) is 14.1. The highest BCUT2D eigenvalue weighted by Gasteiger charge is 2.11. The van der Waals surface area contributed by atoms with Gasteiger partial charge in [0.05, 0.1) is 18.1 Å². The van der Waals surface area contributed by atoms with Crippen LogP contribution in [0.5, 0.6) is 11.5 Å². The Balaban J connectivity index is 2.29. The summed E-state index contributed by atoms with van der Waals surface area (Å²) in [5, 5.41) is 0. The minimum Gasteiger partial charge on any atom is -0.493 e. The lowest BCUT2D eigenvalue weighted by atomic mass is 10.2. The van der Waals surface area contributed by atoms with Crippen molar-refractivity contribution in [2.45, 2.75) is 24.8 Å². The van der Waals surface area contributed by atoms with Gasteiger partial charge in [-0.25, -0.2) is 0 Å². The van der Waals surface area contributed by atoms with Crippen LogP contribution in [0.25, 0.3) is 0 Å². The number of ether oxygens (including phenoxy) is 2. The second-order valence-electron chi connectivity index (χ2n) is 5.10. The molecule has 2 aromatic carbocycles. The van der Waals surface area contributed by atoms with Gasteiger partial charge in [0.25, 0.3) is 10.0 Å². The Bertz CT molecular complexity index is 783. The van der Waals surface area contributed by atoms with Crippen molar-refractivity contribution in [2.75, 3.05) is 7.11 Å². The second kappa shape index (κ2) is 7.28. The fourth-order valence-electron chi connectivity index (χ4n) is 1.90. The van der Waals surface area contributed by atoms with Crippen molar-refractivity contribution in [2.24, 2.45) is 4.40 Å². The third kappa shape index (κ3) is 4.56. The highest BCUT2D eigenvalue weighted by molar-refractivity contribution is 7.90. The van der Waals surface area contributed by atoms with E-state index in [1.54, 1.807) is 43.5 Å². The number of benzene rings is 2. The molecule has 0 unspecified atom stereocenters. The number of rotatable bonds is 6. The molecule has 0 spiro atoms. The molecule has 0 radical (unpaired) electrons. The number of nitrogens with zero attached hydrogens (tertiary/aromatic N) is 1. The van der Waals surface area contributed by atoms with Crippen molar-refractivity contribution in [3.63, 3.8) is 0 Å². The summed E-state index contributed by atoms with van der Waals surface area (Å²) >= 11 is 0. The van der Waals surface area contributed by atoms with Crippen LogP contribution in [0, 0.1) is 0 Å². The van der Waals surface area contributed by atoms with Crippen molar-refractivity contribution in [1.82, 2.24) is 0 Å². The van der Waals surface area contributed by atoms with E-state index in [2.05, 4.69) is 4.40 Å². The van der Waals surface area contributed by atoms with Crippen LogP contribution in [0.4, 0.5) is 0 Å². The SMILES string of the molecule is COc1ccc(/C=N\S(=O)(=O)c2ccccc2)cc1OC(C)C. The quantitative estimate of drug-likeness (QED) is 0.761. The molecule has 5 nitrogen and oxygen atoms in total. The predicted octanol–water partition coefficient (Wildman–Crippen LogP) is 3.29. The highest BCUT2D eigenvalue weighted by Crippen LogP contribution is 2.28. The minimum atomic E-state index is -3.71. The summed E-state index contributed by atoms with van der Waals surface area (Å²) in [6.07, 6.45) is 1.28. The van der Waals surface area contributed by atoms with Crippen LogP contribution >= 0.6 is 0 Å². The Kier molecular flexibility index (Phi) is 5.39. The lowest BCUT2D eigenvalue weighted by Crippen LogP contribution is -2.07. The Morgan fingerprint density at radius 1 is 1.04 bits per heavy atom. The van der Waals surface area contributed by atoms with Crippen molar-refractivity contribution < 1.29 is 17.9 Å². The van der Waals surface area contributed by atoms with E-state index in [-0.39, 0.29) is 11.0 Å². The Hall–Kier alpha value is -2.34. The maximum absolute atomic E-state index is 12.1. The fraction of sp³-hybridized carbons (Fsp3) is 0.235. The van der Waals surface area contributed by atoms with Crippen molar-refractivity contribution in [3.8, 4) is 11.5 Å². The first-order valence-electron chi connectivity index (χ1n) is 7.12. The number of sulfonamides is 1. The van der Waals surface area contributed by atoms with E-state index in [1.807, 2.05) is 13.8 Å². The topological polar surface area (TPSA) is 65.0 Å². The van der Waals surface area contributed by atoms with Crippen LogP contribution in [0.1, 0.15) is 19.4 Å². The zero-order chi connectivity index (χ0) is 16.9. The standard InChI is InChI=1S/C17H19NO4S/c1-13(2)22-17-11-14(9-10-16(17)21-3)12-18-23(19,20)15-7-5-4-6-8-15/h4-13H,1-3H3/b18-12-. The Labute approximate surface area is 136 Å².